The third-order valence-corrected chi connectivity index (χ3v) is 7.74. The number of carbonyl (C=O) groups is 3. The average molecular weight is 491 g/mol. The zero-order valence-corrected chi connectivity index (χ0v) is 20.6. The lowest BCUT2D eigenvalue weighted by atomic mass is 9.88. The first-order chi connectivity index (χ1) is 15.9. The van der Waals surface area contributed by atoms with Crippen molar-refractivity contribution < 1.29 is 33.0 Å². The van der Waals surface area contributed by atoms with E-state index < -0.39 is 50.1 Å². The molecule has 0 bridgehead atoms. The van der Waals surface area contributed by atoms with E-state index in [9.17, 15) is 23.2 Å². The molecule has 3 rings (SSSR count). The molecular formula is C24H28F2N2O5Si. The number of hydrogen-bond acceptors (Lipinski definition) is 4. The van der Waals surface area contributed by atoms with Crippen molar-refractivity contribution in [1.82, 2.24) is 10.2 Å². The second-order valence-electron chi connectivity index (χ2n) is 9.29. The van der Waals surface area contributed by atoms with E-state index in [-0.39, 0.29) is 23.7 Å². The van der Waals surface area contributed by atoms with Crippen LogP contribution in [0, 0.1) is 11.6 Å². The summed E-state index contributed by atoms with van der Waals surface area (Å²) < 4.78 is 34.7. The van der Waals surface area contributed by atoms with Crippen molar-refractivity contribution in [3.8, 4) is 5.75 Å². The zero-order valence-electron chi connectivity index (χ0n) is 19.6. The van der Waals surface area contributed by atoms with E-state index in [4.69, 9.17) is 9.84 Å². The SMILES string of the molecule is COc1ccc2c(c1)CCN(C(=O)NCC(=O)O)[C@H]2C(=O)Cc1cc(F)c([Si](C)(C)C)c(F)c1. The number of urea groups is 1. The lowest BCUT2D eigenvalue weighted by Gasteiger charge is -2.36. The molecule has 2 amide bonds. The Morgan fingerprint density at radius 1 is 1.15 bits per heavy atom. The highest BCUT2D eigenvalue weighted by atomic mass is 28.3. The number of nitrogens with zero attached hydrogens (tertiary/aromatic N) is 1. The summed E-state index contributed by atoms with van der Waals surface area (Å²) in [6, 6.07) is 5.76. The van der Waals surface area contributed by atoms with E-state index in [1.807, 2.05) is 19.6 Å². The molecule has 2 aromatic carbocycles. The summed E-state index contributed by atoms with van der Waals surface area (Å²) in [5.41, 5.74) is 1.56. The monoisotopic (exact) mass is 490 g/mol. The largest absolute Gasteiger partial charge is 0.497 e. The van der Waals surface area contributed by atoms with Crippen LogP contribution in [0.15, 0.2) is 30.3 Å². The van der Waals surface area contributed by atoms with Gasteiger partial charge in [0.2, 0.25) is 0 Å². The standard InChI is InChI=1S/C24H28F2N2O5Si/c1-33-16-5-6-17-15(12-16)7-8-28(24(32)27-13-21(30)31)22(17)20(29)11-14-9-18(25)23(19(26)10-14)34(2,3)4/h5-6,9-10,12,22H,7-8,11,13H2,1-4H3,(H,27,32)(H,30,31)/t22-/m1/s1. The lowest BCUT2D eigenvalue weighted by Crippen LogP contribution is -2.49. The second-order valence-corrected chi connectivity index (χ2v) is 14.3. The van der Waals surface area contributed by atoms with Gasteiger partial charge in [0, 0.05) is 18.2 Å². The van der Waals surface area contributed by atoms with E-state index >= 15 is 0 Å². The summed E-state index contributed by atoms with van der Waals surface area (Å²) in [5, 5.41) is 11.3. The van der Waals surface area contributed by atoms with Crippen LogP contribution in [0.5, 0.6) is 5.75 Å². The van der Waals surface area contributed by atoms with Gasteiger partial charge < -0.3 is 20.1 Å². The molecule has 1 aliphatic rings. The van der Waals surface area contributed by atoms with Gasteiger partial charge in [-0.15, -0.1) is 0 Å². The van der Waals surface area contributed by atoms with Crippen molar-refractivity contribution in [2.24, 2.45) is 0 Å². The normalized spacial score (nSPS) is 15.5. The van der Waals surface area contributed by atoms with E-state index in [1.54, 1.807) is 18.2 Å². The predicted octanol–water partition coefficient (Wildman–Crippen LogP) is 3.02. The molecule has 2 aromatic rings. The highest BCUT2D eigenvalue weighted by Crippen LogP contribution is 2.34. The topological polar surface area (TPSA) is 95.9 Å². The van der Waals surface area contributed by atoms with Crippen LogP contribution in [-0.2, 0) is 22.4 Å². The molecule has 2 N–H and O–H groups in total. The number of hydrogen-bond donors (Lipinski definition) is 2. The first-order valence-corrected chi connectivity index (χ1v) is 14.4. The molecule has 0 saturated heterocycles. The molecule has 1 heterocycles. The summed E-state index contributed by atoms with van der Waals surface area (Å²) in [6.45, 7) is 5.07. The number of nitrogens with one attached hydrogen (secondary N) is 1. The molecule has 0 fully saturated rings. The Kier molecular flexibility index (Phi) is 7.40. The Balaban J connectivity index is 1.96. The molecule has 182 valence electrons. The van der Waals surface area contributed by atoms with Gasteiger partial charge in [0.25, 0.3) is 0 Å². The summed E-state index contributed by atoms with van der Waals surface area (Å²) in [4.78, 5) is 38.3. The number of fused-ring (bicyclic) bond motifs is 1. The molecule has 0 unspecified atom stereocenters. The van der Waals surface area contributed by atoms with Crippen LogP contribution in [0.3, 0.4) is 0 Å². The van der Waals surface area contributed by atoms with E-state index in [0.29, 0.717) is 17.7 Å². The predicted molar refractivity (Wildman–Crippen MR) is 125 cm³/mol. The van der Waals surface area contributed by atoms with Crippen molar-refractivity contribution >= 4 is 31.0 Å². The molecule has 1 aliphatic heterocycles. The van der Waals surface area contributed by atoms with Gasteiger partial charge in [-0.1, -0.05) is 25.7 Å². The highest BCUT2D eigenvalue weighted by molar-refractivity contribution is 6.88. The van der Waals surface area contributed by atoms with Crippen molar-refractivity contribution in [2.45, 2.75) is 38.5 Å². The molecular weight excluding hydrogens is 462 g/mol. The minimum atomic E-state index is -2.27. The maximum Gasteiger partial charge on any atom is 0.323 e. The molecule has 0 aliphatic carbocycles. The van der Waals surface area contributed by atoms with E-state index in [0.717, 1.165) is 5.56 Å². The van der Waals surface area contributed by atoms with Gasteiger partial charge in [0.1, 0.15) is 30.0 Å². The van der Waals surface area contributed by atoms with Gasteiger partial charge in [0.15, 0.2) is 5.78 Å². The summed E-state index contributed by atoms with van der Waals surface area (Å²) in [5.74, 6) is -2.40. The van der Waals surface area contributed by atoms with Crippen LogP contribution in [0.1, 0.15) is 22.7 Å². The van der Waals surface area contributed by atoms with Crippen LogP contribution >= 0.6 is 0 Å². The molecule has 10 heteroatoms. The summed E-state index contributed by atoms with van der Waals surface area (Å²) in [6.07, 6.45) is 0.142. The fourth-order valence-corrected chi connectivity index (χ4v) is 5.87. The lowest BCUT2D eigenvalue weighted by molar-refractivity contribution is -0.135. The number of rotatable bonds is 7. The number of carboxylic acid groups (broad SMARTS) is 1. The maximum absolute atomic E-state index is 14.7. The van der Waals surface area contributed by atoms with Gasteiger partial charge in [0.05, 0.1) is 15.2 Å². The number of benzene rings is 2. The Morgan fingerprint density at radius 2 is 1.79 bits per heavy atom. The Morgan fingerprint density at radius 3 is 2.35 bits per heavy atom. The molecule has 7 nitrogen and oxygen atoms in total. The third kappa shape index (κ3) is 5.44. The number of methoxy groups -OCH3 is 1. The number of Topliss-reactive ketones (excluding diaryl/α,β-unsaturated/α-hetero) is 1. The number of carboxylic acids is 1. The summed E-state index contributed by atoms with van der Waals surface area (Å²) >= 11 is 0. The molecule has 0 spiro atoms. The second kappa shape index (κ2) is 9.92. The number of amides is 2. The first kappa shape index (κ1) is 25.4. The Bertz CT molecular complexity index is 1110. The van der Waals surface area contributed by atoms with Gasteiger partial charge in [-0.05, 0) is 47.4 Å². The fourth-order valence-electron chi connectivity index (χ4n) is 4.29. The van der Waals surface area contributed by atoms with Crippen LogP contribution in [0.4, 0.5) is 13.6 Å². The van der Waals surface area contributed by atoms with E-state index in [2.05, 4.69) is 5.32 Å². The van der Waals surface area contributed by atoms with Crippen molar-refractivity contribution in [3.05, 3.63) is 58.7 Å². The van der Waals surface area contributed by atoms with Crippen LogP contribution < -0.4 is 15.2 Å². The van der Waals surface area contributed by atoms with Crippen molar-refractivity contribution in [1.29, 1.82) is 0 Å². The minimum Gasteiger partial charge on any atom is -0.497 e. The first-order valence-electron chi connectivity index (χ1n) is 10.9. The van der Waals surface area contributed by atoms with Crippen LogP contribution in [-0.4, -0.2) is 56.1 Å². The number of ether oxygens (including phenoxy) is 1. The molecule has 1 atom stereocenters. The van der Waals surface area contributed by atoms with Crippen molar-refractivity contribution in [3.63, 3.8) is 0 Å². The fraction of sp³-hybridized carbons (Fsp3) is 0.375. The Hall–Kier alpha value is -3.27. The molecule has 0 aromatic heterocycles. The van der Waals surface area contributed by atoms with E-state index in [1.165, 1.54) is 24.1 Å². The van der Waals surface area contributed by atoms with Crippen LogP contribution in [0.2, 0.25) is 19.6 Å². The smallest absolute Gasteiger partial charge is 0.323 e. The molecule has 0 saturated carbocycles. The third-order valence-electron chi connectivity index (χ3n) is 5.77. The number of carbonyl (C=O) groups excluding carboxylic acids is 2. The van der Waals surface area contributed by atoms with Gasteiger partial charge in [-0.3, -0.25) is 9.59 Å². The van der Waals surface area contributed by atoms with Gasteiger partial charge in [-0.2, -0.15) is 0 Å². The summed E-state index contributed by atoms with van der Waals surface area (Å²) in [7, 11) is -0.754. The van der Waals surface area contributed by atoms with Crippen LogP contribution in [0.25, 0.3) is 0 Å². The number of aliphatic carboxylic acids is 1. The zero-order chi connectivity index (χ0) is 25.2. The highest BCUT2D eigenvalue weighted by Gasteiger charge is 2.36. The van der Waals surface area contributed by atoms with Gasteiger partial charge >= 0.3 is 12.0 Å². The molecule has 0 radical (unpaired) electrons. The quantitative estimate of drug-likeness (QED) is 0.582. The average Bonchev–Trinajstić information content (AvgIpc) is 2.74. The number of halogens is 2. The van der Waals surface area contributed by atoms with Gasteiger partial charge in [-0.25, -0.2) is 13.6 Å². The minimum absolute atomic E-state index is 0.0773. The maximum atomic E-state index is 14.7. The Labute approximate surface area is 197 Å². The molecule has 34 heavy (non-hydrogen) atoms. The van der Waals surface area contributed by atoms with Crippen molar-refractivity contribution in [2.75, 3.05) is 20.2 Å². The number of ketones is 1.